The third-order valence-corrected chi connectivity index (χ3v) is 3.99. The Morgan fingerprint density at radius 3 is 2.80 bits per heavy atom. The lowest BCUT2D eigenvalue weighted by Gasteiger charge is -2.23. The number of nitrogen functional groups attached to an aromatic ring is 1. The Balaban J connectivity index is 1.78. The zero-order valence-electron chi connectivity index (χ0n) is 11.9. The van der Waals surface area contributed by atoms with Crippen LogP contribution in [0.15, 0.2) is 18.2 Å². The summed E-state index contributed by atoms with van der Waals surface area (Å²) in [6, 6.07) is 5.21. The predicted octanol–water partition coefficient (Wildman–Crippen LogP) is 1.58. The number of anilines is 1. The van der Waals surface area contributed by atoms with E-state index < -0.39 is 0 Å². The average Bonchev–Trinajstić information content (AvgIpc) is 2.95. The monoisotopic (exact) mass is 277 g/mol. The predicted molar refractivity (Wildman–Crippen MR) is 79.7 cm³/mol. The van der Waals surface area contributed by atoms with Gasteiger partial charge in [0.15, 0.2) is 0 Å². The van der Waals surface area contributed by atoms with Crippen molar-refractivity contribution in [3.8, 4) is 5.75 Å². The Labute approximate surface area is 119 Å². The Kier molecular flexibility index (Phi) is 4.84. The molecule has 1 aromatic rings. The summed E-state index contributed by atoms with van der Waals surface area (Å²) in [5, 5.41) is 12.4. The highest BCUT2D eigenvalue weighted by Gasteiger charge is 2.19. The van der Waals surface area contributed by atoms with Crippen LogP contribution in [0.1, 0.15) is 36.0 Å². The van der Waals surface area contributed by atoms with Gasteiger partial charge in [0.25, 0.3) is 5.91 Å². The molecule has 0 aliphatic heterocycles. The molecule has 0 spiro atoms. The summed E-state index contributed by atoms with van der Waals surface area (Å²) in [6.45, 7) is 1.45. The molecule has 20 heavy (non-hydrogen) atoms. The van der Waals surface area contributed by atoms with Crippen molar-refractivity contribution in [1.82, 2.24) is 10.2 Å². The molecule has 1 fully saturated rings. The molecule has 0 bridgehead atoms. The normalized spacial score (nSPS) is 15.7. The van der Waals surface area contributed by atoms with E-state index in [2.05, 4.69) is 17.3 Å². The summed E-state index contributed by atoms with van der Waals surface area (Å²) in [6.07, 6.45) is 5.14. The van der Waals surface area contributed by atoms with E-state index in [9.17, 15) is 9.90 Å². The molecular weight excluding hydrogens is 254 g/mol. The number of rotatable bonds is 5. The van der Waals surface area contributed by atoms with Gasteiger partial charge in [-0.3, -0.25) is 4.79 Å². The summed E-state index contributed by atoms with van der Waals surface area (Å²) >= 11 is 0. The number of nitrogens with two attached hydrogens (primary N) is 1. The fourth-order valence-electron chi connectivity index (χ4n) is 2.66. The number of nitrogens with zero attached hydrogens (tertiary/aromatic N) is 1. The number of benzene rings is 1. The van der Waals surface area contributed by atoms with E-state index in [-0.39, 0.29) is 17.3 Å². The van der Waals surface area contributed by atoms with Crippen LogP contribution >= 0.6 is 0 Å². The summed E-state index contributed by atoms with van der Waals surface area (Å²) in [7, 11) is 2.11. The van der Waals surface area contributed by atoms with Gasteiger partial charge in [0.1, 0.15) is 5.75 Å². The van der Waals surface area contributed by atoms with Crippen LogP contribution in [0.2, 0.25) is 0 Å². The van der Waals surface area contributed by atoms with Gasteiger partial charge in [-0.1, -0.05) is 12.8 Å². The van der Waals surface area contributed by atoms with E-state index >= 15 is 0 Å². The minimum Gasteiger partial charge on any atom is -0.506 e. The van der Waals surface area contributed by atoms with E-state index in [0.717, 1.165) is 6.54 Å². The van der Waals surface area contributed by atoms with E-state index in [0.29, 0.717) is 18.2 Å². The van der Waals surface area contributed by atoms with Gasteiger partial charge in [-0.15, -0.1) is 0 Å². The number of aromatic hydroxyl groups is 1. The highest BCUT2D eigenvalue weighted by atomic mass is 16.3. The summed E-state index contributed by atoms with van der Waals surface area (Å²) < 4.78 is 0. The van der Waals surface area contributed by atoms with Crippen molar-refractivity contribution in [1.29, 1.82) is 0 Å². The first-order valence-electron chi connectivity index (χ1n) is 7.15. The van der Waals surface area contributed by atoms with Gasteiger partial charge in [-0.2, -0.15) is 0 Å². The van der Waals surface area contributed by atoms with Gasteiger partial charge in [-0.05, 0) is 38.1 Å². The number of likely N-dealkylation sites (N-methyl/N-ethyl adjacent to an activating group) is 1. The standard InChI is InChI=1S/C15H23N3O2/c1-18(12-4-2-3-5-12)9-8-17-15(20)11-6-7-13(16)14(19)10-11/h6-7,10,12,19H,2-5,8-9,16H2,1H3,(H,17,20). The van der Waals surface area contributed by atoms with Crippen molar-refractivity contribution in [2.45, 2.75) is 31.7 Å². The summed E-state index contributed by atoms with van der Waals surface area (Å²) in [5.41, 5.74) is 6.22. The van der Waals surface area contributed by atoms with Gasteiger partial charge < -0.3 is 21.1 Å². The number of phenolic OH excluding ortho intramolecular Hbond substituents is 1. The second kappa shape index (κ2) is 6.61. The summed E-state index contributed by atoms with van der Waals surface area (Å²) in [5.74, 6) is -0.235. The second-order valence-electron chi connectivity index (χ2n) is 5.45. The Bertz CT molecular complexity index is 470. The van der Waals surface area contributed by atoms with E-state index in [1.165, 1.54) is 37.8 Å². The van der Waals surface area contributed by atoms with Crippen molar-refractivity contribution in [3.05, 3.63) is 23.8 Å². The van der Waals surface area contributed by atoms with Crippen LogP contribution in [0.25, 0.3) is 0 Å². The smallest absolute Gasteiger partial charge is 0.251 e. The first-order chi connectivity index (χ1) is 9.58. The first kappa shape index (κ1) is 14.7. The molecule has 1 saturated carbocycles. The molecule has 1 amide bonds. The van der Waals surface area contributed by atoms with Crippen LogP contribution in [0.3, 0.4) is 0 Å². The van der Waals surface area contributed by atoms with Crippen LogP contribution < -0.4 is 11.1 Å². The number of carbonyl (C=O) groups excluding carboxylic acids is 1. The fourth-order valence-corrected chi connectivity index (χ4v) is 2.66. The van der Waals surface area contributed by atoms with E-state index in [1.807, 2.05) is 0 Å². The molecule has 0 saturated heterocycles. The molecule has 110 valence electrons. The number of hydrogen-bond donors (Lipinski definition) is 3. The lowest BCUT2D eigenvalue weighted by molar-refractivity contribution is 0.0947. The number of nitrogens with one attached hydrogen (secondary N) is 1. The zero-order valence-corrected chi connectivity index (χ0v) is 11.9. The molecular formula is C15H23N3O2. The third kappa shape index (κ3) is 3.63. The molecule has 0 atom stereocenters. The Morgan fingerprint density at radius 1 is 1.45 bits per heavy atom. The van der Waals surface area contributed by atoms with Crippen molar-refractivity contribution in [3.63, 3.8) is 0 Å². The van der Waals surface area contributed by atoms with Crippen LogP contribution in [0.4, 0.5) is 5.69 Å². The molecule has 2 rings (SSSR count). The van der Waals surface area contributed by atoms with Gasteiger partial charge in [0.05, 0.1) is 5.69 Å². The van der Waals surface area contributed by atoms with Gasteiger partial charge >= 0.3 is 0 Å². The lowest BCUT2D eigenvalue weighted by atomic mass is 10.2. The number of phenols is 1. The maximum atomic E-state index is 11.9. The van der Waals surface area contributed by atoms with Crippen molar-refractivity contribution >= 4 is 11.6 Å². The maximum absolute atomic E-state index is 11.9. The highest BCUT2D eigenvalue weighted by molar-refractivity contribution is 5.95. The average molecular weight is 277 g/mol. The number of hydrogen-bond acceptors (Lipinski definition) is 4. The van der Waals surface area contributed by atoms with Crippen molar-refractivity contribution in [2.24, 2.45) is 0 Å². The Hall–Kier alpha value is -1.75. The quantitative estimate of drug-likeness (QED) is 0.564. The van der Waals surface area contributed by atoms with Crippen LogP contribution in [0.5, 0.6) is 5.75 Å². The van der Waals surface area contributed by atoms with E-state index in [1.54, 1.807) is 6.07 Å². The topological polar surface area (TPSA) is 78.6 Å². The largest absolute Gasteiger partial charge is 0.506 e. The molecule has 1 aromatic carbocycles. The van der Waals surface area contributed by atoms with Crippen LogP contribution in [-0.2, 0) is 0 Å². The fraction of sp³-hybridized carbons (Fsp3) is 0.533. The van der Waals surface area contributed by atoms with Gasteiger partial charge in [0, 0.05) is 24.7 Å². The molecule has 1 aliphatic carbocycles. The molecule has 1 aliphatic rings. The molecule has 5 heteroatoms. The molecule has 4 N–H and O–H groups in total. The number of carbonyl (C=O) groups is 1. The third-order valence-electron chi connectivity index (χ3n) is 3.99. The SMILES string of the molecule is CN(CCNC(=O)c1ccc(N)c(O)c1)C1CCCC1. The van der Waals surface area contributed by atoms with E-state index in [4.69, 9.17) is 5.73 Å². The Morgan fingerprint density at radius 2 is 2.15 bits per heavy atom. The summed E-state index contributed by atoms with van der Waals surface area (Å²) in [4.78, 5) is 14.2. The highest BCUT2D eigenvalue weighted by Crippen LogP contribution is 2.22. The van der Waals surface area contributed by atoms with Crippen molar-refractivity contribution in [2.75, 3.05) is 25.9 Å². The number of amides is 1. The minimum atomic E-state index is -0.180. The molecule has 0 heterocycles. The van der Waals surface area contributed by atoms with Crippen molar-refractivity contribution < 1.29 is 9.90 Å². The lowest BCUT2D eigenvalue weighted by Crippen LogP contribution is -2.37. The molecule has 0 radical (unpaired) electrons. The molecule has 5 nitrogen and oxygen atoms in total. The second-order valence-corrected chi connectivity index (χ2v) is 5.45. The molecule has 0 aromatic heterocycles. The minimum absolute atomic E-state index is 0.0549. The van der Waals surface area contributed by atoms with Gasteiger partial charge in [-0.25, -0.2) is 0 Å². The molecule has 0 unspecified atom stereocenters. The zero-order chi connectivity index (χ0) is 14.5. The van der Waals surface area contributed by atoms with Crippen LogP contribution in [0, 0.1) is 0 Å². The maximum Gasteiger partial charge on any atom is 0.251 e. The van der Waals surface area contributed by atoms with Crippen LogP contribution in [-0.4, -0.2) is 42.1 Å². The first-order valence-corrected chi connectivity index (χ1v) is 7.15. The van der Waals surface area contributed by atoms with Gasteiger partial charge in [0.2, 0.25) is 0 Å².